The van der Waals surface area contributed by atoms with Crippen LogP contribution < -0.4 is 10.2 Å². The van der Waals surface area contributed by atoms with Crippen molar-refractivity contribution in [3.05, 3.63) is 41.2 Å². The SMILES string of the molecule is CCCc1n[nH]nc1C(=O)N(c1ccc(C(=O)NCCN2CCOCC2)cc1)C1CC1. The molecule has 9 nitrogen and oxygen atoms in total. The van der Waals surface area contributed by atoms with E-state index in [1.54, 1.807) is 17.0 Å². The summed E-state index contributed by atoms with van der Waals surface area (Å²) in [7, 11) is 0. The minimum Gasteiger partial charge on any atom is -0.379 e. The molecule has 0 unspecified atom stereocenters. The Hall–Kier alpha value is -2.78. The summed E-state index contributed by atoms with van der Waals surface area (Å²) in [5, 5.41) is 13.8. The van der Waals surface area contributed by atoms with Gasteiger partial charge in [-0.2, -0.15) is 15.4 Å². The van der Waals surface area contributed by atoms with Crippen molar-refractivity contribution < 1.29 is 14.3 Å². The van der Waals surface area contributed by atoms with Crippen molar-refractivity contribution in [3.8, 4) is 0 Å². The number of benzene rings is 1. The van der Waals surface area contributed by atoms with Crippen molar-refractivity contribution in [2.75, 3.05) is 44.3 Å². The summed E-state index contributed by atoms with van der Waals surface area (Å²) in [5.74, 6) is -0.242. The van der Waals surface area contributed by atoms with Gasteiger partial charge in [0.25, 0.3) is 11.8 Å². The number of morpholine rings is 1. The third-order valence-corrected chi connectivity index (χ3v) is 5.67. The smallest absolute Gasteiger partial charge is 0.280 e. The minimum absolute atomic E-state index is 0.106. The van der Waals surface area contributed by atoms with Crippen LogP contribution in [0.3, 0.4) is 0 Å². The number of carbonyl (C=O) groups is 2. The van der Waals surface area contributed by atoms with Crippen molar-refractivity contribution in [3.63, 3.8) is 0 Å². The van der Waals surface area contributed by atoms with Crippen LogP contribution in [-0.2, 0) is 11.2 Å². The van der Waals surface area contributed by atoms with E-state index >= 15 is 0 Å². The lowest BCUT2D eigenvalue weighted by Crippen LogP contribution is -2.41. The fourth-order valence-corrected chi connectivity index (χ4v) is 3.80. The molecule has 1 saturated heterocycles. The van der Waals surface area contributed by atoms with Crippen molar-refractivity contribution in [1.29, 1.82) is 0 Å². The number of rotatable bonds is 9. The first kappa shape index (κ1) is 21.5. The highest BCUT2D eigenvalue weighted by Gasteiger charge is 2.36. The van der Waals surface area contributed by atoms with Gasteiger partial charge in [-0.05, 0) is 43.5 Å². The van der Waals surface area contributed by atoms with Gasteiger partial charge in [0.15, 0.2) is 5.69 Å². The molecule has 1 aliphatic carbocycles. The van der Waals surface area contributed by atoms with Gasteiger partial charge in [0.1, 0.15) is 0 Å². The Morgan fingerprint density at radius 1 is 1.19 bits per heavy atom. The molecular formula is C22H30N6O3. The van der Waals surface area contributed by atoms with E-state index in [1.807, 2.05) is 19.1 Å². The number of aromatic amines is 1. The zero-order valence-corrected chi connectivity index (χ0v) is 18.0. The van der Waals surface area contributed by atoms with Gasteiger partial charge in [-0.15, -0.1) is 0 Å². The van der Waals surface area contributed by atoms with Crippen molar-refractivity contribution in [2.45, 2.75) is 38.6 Å². The number of nitrogens with one attached hydrogen (secondary N) is 2. The van der Waals surface area contributed by atoms with E-state index in [9.17, 15) is 9.59 Å². The monoisotopic (exact) mass is 426 g/mol. The third kappa shape index (κ3) is 5.29. The molecule has 2 N–H and O–H groups in total. The zero-order valence-electron chi connectivity index (χ0n) is 18.0. The molecule has 0 radical (unpaired) electrons. The number of carbonyl (C=O) groups excluding carboxylic acids is 2. The summed E-state index contributed by atoms with van der Waals surface area (Å²) in [5.41, 5.74) is 2.46. The molecule has 2 amide bonds. The average molecular weight is 427 g/mol. The molecule has 0 spiro atoms. The van der Waals surface area contributed by atoms with Crippen LogP contribution in [0.5, 0.6) is 0 Å². The van der Waals surface area contributed by atoms with Crippen LogP contribution in [0, 0.1) is 0 Å². The first-order chi connectivity index (χ1) is 15.2. The number of amides is 2. The van der Waals surface area contributed by atoms with Crippen LogP contribution in [-0.4, -0.2) is 77.6 Å². The van der Waals surface area contributed by atoms with E-state index in [-0.39, 0.29) is 17.9 Å². The highest BCUT2D eigenvalue weighted by atomic mass is 16.5. The van der Waals surface area contributed by atoms with Crippen LogP contribution in [0.1, 0.15) is 52.7 Å². The van der Waals surface area contributed by atoms with E-state index in [0.29, 0.717) is 29.9 Å². The predicted octanol–water partition coefficient (Wildman–Crippen LogP) is 1.63. The molecule has 2 fully saturated rings. The van der Waals surface area contributed by atoms with Gasteiger partial charge in [-0.25, -0.2) is 0 Å². The van der Waals surface area contributed by atoms with Gasteiger partial charge in [-0.1, -0.05) is 13.3 Å². The Bertz CT molecular complexity index is 887. The molecule has 166 valence electrons. The lowest BCUT2D eigenvalue weighted by Gasteiger charge is -2.26. The van der Waals surface area contributed by atoms with Crippen molar-refractivity contribution in [2.24, 2.45) is 0 Å². The standard InChI is InChI=1S/C22H30N6O3/c1-2-3-19-20(25-26-24-19)22(30)28(18-8-9-18)17-6-4-16(5-7-17)21(29)23-10-11-27-12-14-31-15-13-27/h4-7,18H,2-3,8-15H2,1H3,(H,23,29)(H,24,25,26). The number of nitrogens with zero attached hydrogens (tertiary/aromatic N) is 4. The molecule has 2 aliphatic rings. The van der Waals surface area contributed by atoms with Crippen LogP contribution in [0.15, 0.2) is 24.3 Å². The number of hydrogen-bond acceptors (Lipinski definition) is 6. The number of aryl methyl sites for hydroxylation is 1. The van der Waals surface area contributed by atoms with Gasteiger partial charge in [0, 0.05) is 43.5 Å². The lowest BCUT2D eigenvalue weighted by molar-refractivity contribution is 0.0383. The zero-order chi connectivity index (χ0) is 21.6. The molecule has 2 heterocycles. The Morgan fingerprint density at radius 2 is 1.94 bits per heavy atom. The van der Waals surface area contributed by atoms with Gasteiger partial charge in [0.05, 0.1) is 18.9 Å². The van der Waals surface area contributed by atoms with E-state index in [4.69, 9.17) is 4.74 Å². The summed E-state index contributed by atoms with van der Waals surface area (Å²) >= 11 is 0. The predicted molar refractivity (Wildman–Crippen MR) is 116 cm³/mol. The fraction of sp³-hybridized carbons (Fsp3) is 0.545. The molecule has 2 aromatic rings. The van der Waals surface area contributed by atoms with E-state index in [2.05, 4.69) is 25.6 Å². The minimum atomic E-state index is -0.137. The Labute approximate surface area is 182 Å². The first-order valence-electron chi connectivity index (χ1n) is 11.1. The van der Waals surface area contributed by atoms with Gasteiger partial charge in [0.2, 0.25) is 0 Å². The van der Waals surface area contributed by atoms with Crippen molar-refractivity contribution in [1.82, 2.24) is 25.6 Å². The second-order valence-electron chi connectivity index (χ2n) is 8.03. The summed E-state index contributed by atoms with van der Waals surface area (Å²) in [6.07, 6.45) is 3.54. The third-order valence-electron chi connectivity index (χ3n) is 5.67. The molecule has 0 bridgehead atoms. The topological polar surface area (TPSA) is 103 Å². The number of ether oxygens (including phenoxy) is 1. The van der Waals surface area contributed by atoms with Crippen LogP contribution in [0.4, 0.5) is 5.69 Å². The lowest BCUT2D eigenvalue weighted by atomic mass is 10.1. The van der Waals surface area contributed by atoms with Crippen LogP contribution >= 0.6 is 0 Å². The number of H-pyrrole nitrogens is 1. The second-order valence-corrected chi connectivity index (χ2v) is 8.03. The quantitative estimate of drug-likeness (QED) is 0.632. The maximum Gasteiger partial charge on any atom is 0.280 e. The fourth-order valence-electron chi connectivity index (χ4n) is 3.80. The molecule has 0 atom stereocenters. The maximum atomic E-state index is 13.2. The summed E-state index contributed by atoms with van der Waals surface area (Å²) in [6, 6.07) is 7.40. The molecule has 1 saturated carbocycles. The molecule has 1 aliphatic heterocycles. The van der Waals surface area contributed by atoms with Gasteiger partial charge >= 0.3 is 0 Å². The number of hydrogen-bond donors (Lipinski definition) is 2. The van der Waals surface area contributed by atoms with Gasteiger partial charge < -0.3 is 15.0 Å². The van der Waals surface area contributed by atoms with Crippen molar-refractivity contribution >= 4 is 17.5 Å². The molecule has 31 heavy (non-hydrogen) atoms. The largest absolute Gasteiger partial charge is 0.379 e. The van der Waals surface area contributed by atoms with E-state index in [1.165, 1.54) is 0 Å². The summed E-state index contributed by atoms with van der Waals surface area (Å²) < 4.78 is 5.34. The average Bonchev–Trinajstić information content (AvgIpc) is 3.52. The molecular weight excluding hydrogens is 396 g/mol. The Balaban J connectivity index is 1.38. The maximum absolute atomic E-state index is 13.2. The van der Waals surface area contributed by atoms with Crippen LogP contribution in [0.2, 0.25) is 0 Å². The highest BCUT2D eigenvalue weighted by Crippen LogP contribution is 2.33. The molecule has 4 rings (SSSR count). The molecule has 1 aromatic carbocycles. The number of aromatic nitrogens is 3. The van der Waals surface area contributed by atoms with E-state index in [0.717, 1.165) is 57.8 Å². The molecule has 1 aromatic heterocycles. The normalized spacial score (nSPS) is 16.8. The Morgan fingerprint density at radius 3 is 2.61 bits per heavy atom. The summed E-state index contributed by atoms with van der Waals surface area (Å²) in [4.78, 5) is 29.8. The van der Waals surface area contributed by atoms with E-state index < -0.39 is 0 Å². The first-order valence-corrected chi connectivity index (χ1v) is 11.1. The highest BCUT2D eigenvalue weighted by molar-refractivity contribution is 6.06. The molecule has 9 heteroatoms. The second kappa shape index (κ2) is 10.0. The van der Waals surface area contributed by atoms with Crippen LogP contribution in [0.25, 0.3) is 0 Å². The van der Waals surface area contributed by atoms with Gasteiger partial charge in [-0.3, -0.25) is 14.5 Å². The number of anilines is 1. The summed E-state index contributed by atoms with van der Waals surface area (Å²) in [6.45, 7) is 6.77. The Kier molecular flexibility index (Phi) is 6.93.